The van der Waals surface area contributed by atoms with Gasteiger partial charge in [0.15, 0.2) is 0 Å². The summed E-state index contributed by atoms with van der Waals surface area (Å²) in [5, 5.41) is 13.6. The van der Waals surface area contributed by atoms with Crippen molar-refractivity contribution in [2.75, 3.05) is 0 Å². The van der Waals surface area contributed by atoms with Gasteiger partial charge in [0.2, 0.25) is 12.3 Å². The van der Waals surface area contributed by atoms with Crippen LogP contribution in [-0.4, -0.2) is 46.4 Å². The summed E-state index contributed by atoms with van der Waals surface area (Å²) in [6, 6.07) is 8.83. The number of pyridine rings is 1. The first-order valence-corrected chi connectivity index (χ1v) is 8.43. The molecule has 2 rings (SSSR count). The Morgan fingerprint density at radius 3 is 2.29 bits per heavy atom. The molecule has 1 aromatic carbocycles. The van der Waals surface area contributed by atoms with Gasteiger partial charge in [-0.3, -0.25) is 14.6 Å². The van der Waals surface area contributed by atoms with E-state index in [-0.39, 0.29) is 12.0 Å². The average Bonchev–Trinajstić information content (AvgIpc) is 2.68. The van der Waals surface area contributed by atoms with E-state index in [4.69, 9.17) is 5.11 Å². The summed E-state index contributed by atoms with van der Waals surface area (Å²) in [4.78, 5) is 39.9. The topological polar surface area (TPSA) is 108 Å². The van der Waals surface area contributed by atoms with E-state index in [1.807, 2.05) is 0 Å². The van der Waals surface area contributed by atoms with Gasteiger partial charge < -0.3 is 15.7 Å². The van der Waals surface area contributed by atoms with Crippen molar-refractivity contribution in [3.05, 3.63) is 66.0 Å². The maximum atomic E-state index is 12.6. The summed E-state index contributed by atoms with van der Waals surface area (Å²) < 4.78 is 25.2. The van der Waals surface area contributed by atoms with Gasteiger partial charge in [-0.15, -0.1) is 0 Å². The second kappa shape index (κ2) is 10.1. The highest BCUT2D eigenvalue weighted by atomic mass is 19.3. The molecule has 0 bridgehead atoms. The van der Waals surface area contributed by atoms with Gasteiger partial charge in [0, 0.05) is 25.2 Å². The normalized spacial score (nSPS) is 12.8. The molecule has 1 aromatic heterocycles. The number of rotatable bonds is 9. The van der Waals surface area contributed by atoms with Crippen LogP contribution < -0.4 is 10.6 Å². The SMILES string of the molecule is O=C(NC(Cc1ccccc1)C(=O)NC(CC(F)F)C(=O)O)c1cccnc1. The van der Waals surface area contributed by atoms with Crippen LogP contribution in [0.25, 0.3) is 0 Å². The third-order valence-electron chi connectivity index (χ3n) is 3.86. The van der Waals surface area contributed by atoms with Crippen LogP contribution >= 0.6 is 0 Å². The molecule has 0 saturated carbocycles. The van der Waals surface area contributed by atoms with Crippen molar-refractivity contribution in [1.82, 2.24) is 15.6 Å². The molecule has 0 aliphatic carbocycles. The molecular weight excluding hydrogens is 372 g/mol. The number of hydrogen-bond acceptors (Lipinski definition) is 4. The summed E-state index contributed by atoms with van der Waals surface area (Å²) in [5.74, 6) is -3.04. The van der Waals surface area contributed by atoms with E-state index in [9.17, 15) is 23.2 Å². The summed E-state index contributed by atoms with van der Waals surface area (Å²) >= 11 is 0. The van der Waals surface area contributed by atoms with Gasteiger partial charge >= 0.3 is 5.97 Å². The number of alkyl halides is 2. The van der Waals surface area contributed by atoms with Crippen LogP contribution in [0.2, 0.25) is 0 Å². The number of halogens is 2. The molecule has 148 valence electrons. The average molecular weight is 391 g/mol. The van der Waals surface area contributed by atoms with Gasteiger partial charge in [0.1, 0.15) is 12.1 Å². The van der Waals surface area contributed by atoms with Crippen molar-refractivity contribution < 1.29 is 28.3 Å². The Morgan fingerprint density at radius 2 is 1.71 bits per heavy atom. The molecule has 0 aliphatic heterocycles. The Kier molecular flexibility index (Phi) is 7.55. The lowest BCUT2D eigenvalue weighted by Crippen LogP contribution is -2.52. The van der Waals surface area contributed by atoms with Crippen molar-refractivity contribution in [1.29, 1.82) is 0 Å². The van der Waals surface area contributed by atoms with E-state index in [1.165, 1.54) is 18.5 Å². The largest absolute Gasteiger partial charge is 0.480 e. The molecule has 3 N–H and O–H groups in total. The minimum Gasteiger partial charge on any atom is -0.480 e. The quantitative estimate of drug-likeness (QED) is 0.602. The molecule has 0 spiro atoms. The number of nitrogens with zero attached hydrogens (tertiary/aromatic N) is 1. The second-order valence-corrected chi connectivity index (χ2v) is 5.98. The Labute approximate surface area is 159 Å². The lowest BCUT2D eigenvalue weighted by Gasteiger charge is -2.21. The molecule has 1 heterocycles. The highest BCUT2D eigenvalue weighted by molar-refractivity contribution is 5.98. The number of carboxylic acids is 1. The predicted molar refractivity (Wildman–Crippen MR) is 95.8 cm³/mol. The van der Waals surface area contributed by atoms with Crippen LogP contribution in [0.1, 0.15) is 22.3 Å². The van der Waals surface area contributed by atoms with Crippen molar-refractivity contribution in [3.63, 3.8) is 0 Å². The highest BCUT2D eigenvalue weighted by Crippen LogP contribution is 2.08. The molecule has 28 heavy (non-hydrogen) atoms. The first-order valence-electron chi connectivity index (χ1n) is 8.43. The monoisotopic (exact) mass is 391 g/mol. The zero-order valence-electron chi connectivity index (χ0n) is 14.7. The molecule has 0 radical (unpaired) electrons. The number of carbonyl (C=O) groups excluding carboxylic acids is 2. The Bertz CT molecular complexity index is 803. The van der Waals surface area contributed by atoms with Crippen LogP contribution in [0, 0.1) is 0 Å². The van der Waals surface area contributed by atoms with Crippen molar-refractivity contribution in [2.45, 2.75) is 31.4 Å². The van der Waals surface area contributed by atoms with Crippen LogP contribution in [0.3, 0.4) is 0 Å². The molecule has 0 aliphatic rings. The molecular formula is C19H19F2N3O4. The lowest BCUT2D eigenvalue weighted by atomic mass is 10.0. The first kappa shape index (κ1) is 20.9. The van der Waals surface area contributed by atoms with Gasteiger partial charge in [-0.1, -0.05) is 30.3 Å². The standard InChI is InChI=1S/C19H19F2N3O4/c20-16(21)10-15(19(27)28)24-18(26)14(9-12-5-2-1-3-6-12)23-17(25)13-7-4-8-22-11-13/h1-8,11,14-16H,9-10H2,(H,23,25)(H,24,26)(H,27,28). The minimum atomic E-state index is -2.90. The van der Waals surface area contributed by atoms with Crippen molar-refractivity contribution >= 4 is 17.8 Å². The Morgan fingerprint density at radius 1 is 1.00 bits per heavy atom. The molecule has 0 saturated heterocycles. The summed E-state index contributed by atoms with van der Waals surface area (Å²) in [5.41, 5.74) is 0.908. The molecule has 7 nitrogen and oxygen atoms in total. The fourth-order valence-corrected chi connectivity index (χ4v) is 2.47. The number of nitrogens with one attached hydrogen (secondary N) is 2. The van der Waals surface area contributed by atoms with E-state index in [1.54, 1.807) is 36.4 Å². The summed E-state index contributed by atoms with van der Waals surface area (Å²) in [7, 11) is 0. The van der Waals surface area contributed by atoms with Crippen molar-refractivity contribution in [3.8, 4) is 0 Å². The number of carboxylic acid groups (broad SMARTS) is 1. The number of aliphatic carboxylic acids is 1. The molecule has 2 unspecified atom stereocenters. The van der Waals surface area contributed by atoms with E-state index in [2.05, 4.69) is 15.6 Å². The predicted octanol–water partition coefficient (Wildman–Crippen LogP) is 1.65. The maximum absolute atomic E-state index is 12.6. The van der Waals surface area contributed by atoms with E-state index < -0.39 is 42.7 Å². The zero-order valence-corrected chi connectivity index (χ0v) is 14.7. The fraction of sp³-hybridized carbons (Fsp3) is 0.263. The van der Waals surface area contributed by atoms with Crippen molar-refractivity contribution in [2.24, 2.45) is 0 Å². The van der Waals surface area contributed by atoms with Crippen LogP contribution in [-0.2, 0) is 16.0 Å². The summed E-state index contributed by atoms with van der Waals surface area (Å²) in [6.07, 6.45) is -1.09. The number of hydrogen-bond donors (Lipinski definition) is 3. The molecule has 2 amide bonds. The fourth-order valence-electron chi connectivity index (χ4n) is 2.47. The second-order valence-electron chi connectivity index (χ2n) is 5.98. The van der Waals surface area contributed by atoms with Gasteiger partial charge in [-0.25, -0.2) is 13.6 Å². The number of carbonyl (C=O) groups is 3. The molecule has 0 fully saturated rings. The van der Waals surface area contributed by atoms with E-state index >= 15 is 0 Å². The van der Waals surface area contributed by atoms with Crippen LogP contribution in [0.4, 0.5) is 8.78 Å². The number of aromatic nitrogens is 1. The van der Waals surface area contributed by atoms with E-state index in [0.717, 1.165) is 0 Å². The zero-order chi connectivity index (χ0) is 20.5. The maximum Gasteiger partial charge on any atom is 0.326 e. The highest BCUT2D eigenvalue weighted by Gasteiger charge is 2.29. The van der Waals surface area contributed by atoms with Crippen LogP contribution in [0.15, 0.2) is 54.9 Å². The van der Waals surface area contributed by atoms with E-state index in [0.29, 0.717) is 5.56 Å². The molecule has 2 aromatic rings. The Balaban J connectivity index is 2.17. The number of benzene rings is 1. The van der Waals surface area contributed by atoms with Gasteiger partial charge in [0.25, 0.3) is 5.91 Å². The third kappa shape index (κ3) is 6.42. The summed E-state index contributed by atoms with van der Waals surface area (Å²) in [6.45, 7) is 0. The number of amides is 2. The third-order valence-corrected chi connectivity index (χ3v) is 3.86. The minimum absolute atomic E-state index is 0.0553. The lowest BCUT2D eigenvalue weighted by molar-refractivity contribution is -0.143. The Hall–Kier alpha value is -3.36. The first-order chi connectivity index (χ1) is 13.4. The van der Waals surface area contributed by atoms with Gasteiger partial charge in [0.05, 0.1) is 5.56 Å². The van der Waals surface area contributed by atoms with Gasteiger partial charge in [-0.05, 0) is 17.7 Å². The van der Waals surface area contributed by atoms with Crippen LogP contribution in [0.5, 0.6) is 0 Å². The molecule has 2 atom stereocenters. The smallest absolute Gasteiger partial charge is 0.326 e. The molecule has 9 heteroatoms. The van der Waals surface area contributed by atoms with Gasteiger partial charge in [-0.2, -0.15) is 0 Å².